The molecular weight excluding hydrogens is 401 g/mol. The Kier molecular flexibility index (Phi) is 4.87. The number of rotatable bonds is 3. The van der Waals surface area contributed by atoms with Gasteiger partial charge in [-0.1, -0.05) is 29.8 Å². The lowest BCUT2D eigenvalue weighted by Crippen LogP contribution is -2.30. The first-order chi connectivity index (χ1) is 13.4. The molecule has 2 N–H and O–H groups in total. The highest BCUT2D eigenvalue weighted by atomic mass is 35.5. The van der Waals surface area contributed by atoms with Crippen molar-refractivity contribution in [2.24, 2.45) is 0 Å². The van der Waals surface area contributed by atoms with Crippen LogP contribution < -0.4 is 10.6 Å². The molecule has 0 saturated carbocycles. The number of halogens is 2. The number of aryl methyl sites for hydroxylation is 1. The van der Waals surface area contributed by atoms with E-state index in [1.807, 2.05) is 19.1 Å². The first kappa shape index (κ1) is 18.6. The van der Waals surface area contributed by atoms with Crippen molar-refractivity contribution < 1.29 is 14.0 Å². The first-order valence-electron chi connectivity index (χ1n) is 8.54. The van der Waals surface area contributed by atoms with Gasteiger partial charge in [-0.15, -0.1) is 11.3 Å². The molecule has 2 amide bonds. The minimum Gasteiger partial charge on any atom is -0.326 e. The fourth-order valence-electron chi connectivity index (χ4n) is 3.19. The molecule has 8 heteroatoms. The number of aromatic nitrogens is 1. The number of carbonyl (C=O) groups excluding carboxylic acids is 2. The van der Waals surface area contributed by atoms with Crippen molar-refractivity contribution in [3.63, 3.8) is 0 Å². The lowest BCUT2D eigenvalue weighted by molar-refractivity contribution is -0.123. The van der Waals surface area contributed by atoms with Crippen LogP contribution in [0.1, 0.15) is 22.8 Å². The summed E-state index contributed by atoms with van der Waals surface area (Å²) in [5.41, 5.74) is 2.58. The molecule has 28 heavy (non-hydrogen) atoms. The molecule has 5 nitrogen and oxygen atoms in total. The average Bonchev–Trinajstić information content (AvgIpc) is 3.01. The van der Waals surface area contributed by atoms with Gasteiger partial charge in [-0.3, -0.25) is 9.59 Å². The Morgan fingerprint density at radius 2 is 2.04 bits per heavy atom. The van der Waals surface area contributed by atoms with Gasteiger partial charge in [0.2, 0.25) is 11.8 Å². The number of hydrogen-bond acceptors (Lipinski definition) is 4. The predicted molar refractivity (Wildman–Crippen MR) is 108 cm³/mol. The number of nitrogens with zero attached hydrogens (tertiary/aromatic N) is 1. The van der Waals surface area contributed by atoms with E-state index < -0.39 is 11.7 Å². The lowest BCUT2D eigenvalue weighted by atomic mass is 9.90. The van der Waals surface area contributed by atoms with Gasteiger partial charge in [0, 0.05) is 27.6 Å². The van der Waals surface area contributed by atoms with Crippen LogP contribution in [-0.2, 0) is 9.59 Å². The quantitative estimate of drug-likeness (QED) is 0.634. The molecule has 0 spiro atoms. The van der Waals surface area contributed by atoms with Gasteiger partial charge in [0.05, 0.1) is 11.6 Å². The molecule has 1 aromatic heterocycles. The molecular formula is C20H15ClFN3O2S. The molecule has 0 bridgehead atoms. The van der Waals surface area contributed by atoms with Crippen LogP contribution in [-0.4, -0.2) is 16.8 Å². The maximum atomic E-state index is 13.5. The summed E-state index contributed by atoms with van der Waals surface area (Å²) in [4.78, 5) is 30.2. The minimum absolute atomic E-state index is 0.00113. The number of anilines is 2. The summed E-state index contributed by atoms with van der Waals surface area (Å²) in [7, 11) is 0. The Labute approximate surface area is 169 Å². The molecule has 1 unspecified atom stereocenters. The van der Waals surface area contributed by atoms with Crippen LogP contribution in [0.4, 0.5) is 15.2 Å². The van der Waals surface area contributed by atoms with Crippen LogP contribution in [0.3, 0.4) is 0 Å². The van der Waals surface area contributed by atoms with Gasteiger partial charge in [-0.25, -0.2) is 9.37 Å². The molecule has 1 aliphatic rings. The normalized spacial score (nSPS) is 15.7. The van der Waals surface area contributed by atoms with E-state index in [9.17, 15) is 14.0 Å². The summed E-state index contributed by atoms with van der Waals surface area (Å²) in [6, 6.07) is 11.3. The molecule has 142 valence electrons. The van der Waals surface area contributed by atoms with Crippen molar-refractivity contribution in [1.82, 2.24) is 4.98 Å². The molecule has 3 aromatic rings. The van der Waals surface area contributed by atoms with Crippen LogP contribution in [0.25, 0.3) is 11.3 Å². The zero-order chi connectivity index (χ0) is 19.8. The van der Waals surface area contributed by atoms with Crippen LogP contribution in [0.5, 0.6) is 0 Å². The summed E-state index contributed by atoms with van der Waals surface area (Å²) in [6.45, 7) is 1.92. The molecule has 2 heterocycles. The van der Waals surface area contributed by atoms with Gasteiger partial charge in [0.1, 0.15) is 5.82 Å². The highest BCUT2D eigenvalue weighted by Gasteiger charge is 2.31. The van der Waals surface area contributed by atoms with Gasteiger partial charge < -0.3 is 10.6 Å². The van der Waals surface area contributed by atoms with Crippen LogP contribution in [0, 0.1) is 12.7 Å². The number of benzene rings is 2. The molecule has 0 fully saturated rings. The van der Waals surface area contributed by atoms with Crippen LogP contribution in [0.2, 0.25) is 5.02 Å². The van der Waals surface area contributed by atoms with Crippen molar-refractivity contribution in [2.75, 3.05) is 10.6 Å². The van der Waals surface area contributed by atoms with Gasteiger partial charge in [0.25, 0.3) is 0 Å². The maximum absolute atomic E-state index is 13.5. The standard InChI is InChI=1S/C20H15ClFN3O2S/c1-10-18(11-2-4-12(21)5-3-11)24-20(28-10)25-19(27)15-9-17(26)23-16-8-13(22)6-7-14(15)16/h2-8,15H,9H2,1H3,(H,23,26)(H,24,25,27). The third-order valence-electron chi connectivity index (χ3n) is 4.52. The summed E-state index contributed by atoms with van der Waals surface area (Å²) < 4.78 is 13.5. The molecule has 0 radical (unpaired) electrons. The molecule has 1 aliphatic heterocycles. The van der Waals surface area contributed by atoms with Gasteiger partial charge in [-0.2, -0.15) is 0 Å². The van der Waals surface area contributed by atoms with Crippen molar-refractivity contribution in [1.29, 1.82) is 0 Å². The zero-order valence-corrected chi connectivity index (χ0v) is 16.3. The third kappa shape index (κ3) is 3.63. The number of fused-ring (bicyclic) bond motifs is 1. The highest BCUT2D eigenvalue weighted by molar-refractivity contribution is 7.16. The van der Waals surface area contributed by atoms with Gasteiger partial charge >= 0.3 is 0 Å². The summed E-state index contributed by atoms with van der Waals surface area (Å²) in [6.07, 6.45) is -0.00113. The van der Waals surface area contributed by atoms with E-state index in [4.69, 9.17) is 11.6 Å². The fraction of sp³-hybridized carbons (Fsp3) is 0.150. The molecule has 1 atom stereocenters. The van der Waals surface area contributed by atoms with E-state index >= 15 is 0 Å². The second kappa shape index (κ2) is 7.33. The van der Waals surface area contributed by atoms with Crippen molar-refractivity contribution >= 4 is 45.6 Å². The Hall–Kier alpha value is -2.77. The zero-order valence-electron chi connectivity index (χ0n) is 14.8. The van der Waals surface area contributed by atoms with E-state index in [-0.39, 0.29) is 18.2 Å². The Bertz CT molecular complexity index is 1080. The molecule has 4 rings (SSSR count). The molecule has 0 aliphatic carbocycles. The Morgan fingerprint density at radius 3 is 2.79 bits per heavy atom. The third-order valence-corrected chi connectivity index (χ3v) is 5.65. The van der Waals surface area contributed by atoms with Crippen LogP contribution >= 0.6 is 22.9 Å². The van der Waals surface area contributed by atoms with E-state index in [0.717, 1.165) is 16.1 Å². The smallest absolute Gasteiger partial charge is 0.234 e. The molecule has 0 saturated heterocycles. The highest BCUT2D eigenvalue weighted by Crippen LogP contribution is 2.35. The van der Waals surface area contributed by atoms with Crippen LogP contribution in [0.15, 0.2) is 42.5 Å². The van der Waals surface area contributed by atoms with E-state index in [1.54, 1.807) is 12.1 Å². The monoisotopic (exact) mass is 415 g/mol. The second-order valence-electron chi connectivity index (χ2n) is 6.46. The Morgan fingerprint density at radius 1 is 1.29 bits per heavy atom. The van der Waals surface area contributed by atoms with Crippen molar-refractivity contribution in [3.05, 3.63) is 63.7 Å². The number of carbonyl (C=O) groups is 2. The average molecular weight is 416 g/mol. The van der Waals surface area contributed by atoms with Gasteiger partial charge in [0.15, 0.2) is 5.13 Å². The fourth-order valence-corrected chi connectivity index (χ4v) is 4.15. The summed E-state index contributed by atoms with van der Waals surface area (Å²) in [5, 5.41) is 6.49. The van der Waals surface area contributed by atoms with E-state index in [2.05, 4.69) is 15.6 Å². The maximum Gasteiger partial charge on any atom is 0.234 e. The molecule has 2 aromatic carbocycles. The number of nitrogens with one attached hydrogen (secondary N) is 2. The first-order valence-corrected chi connectivity index (χ1v) is 9.73. The summed E-state index contributed by atoms with van der Waals surface area (Å²) in [5.74, 6) is -1.84. The predicted octanol–water partition coefficient (Wildman–Crippen LogP) is 4.98. The Balaban J connectivity index is 1.59. The van der Waals surface area contributed by atoms with Crippen molar-refractivity contribution in [3.8, 4) is 11.3 Å². The second-order valence-corrected chi connectivity index (χ2v) is 8.10. The van der Waals surface area contributed by atoms with Crippen molar-refractivity contribution in [2.45, 2.75) is 19.3 Å². The van der Waals surface area contributed by atoms with Gasteiger partial charge in [-0.05, 0) is 36.8 Å². The van der Waals surface area contributed by atoms with E-state index in [0.29, 0.717) is 21.4 Å². The number of hydrogen-bond donors (Lipinski definition) is 2. The summed E-state index contributed by atoms with van der Waals surface area (Å²) >= 11 is 7.28. The number of thiazole rings is 1. The topological polar surface area (TPSA) is 71.1 Å². The lowest BCUT2D eigenvalue weighted by Gasteiger charge is -2.24. The van der Waals surface area contributed by atoms with E-state index in [1.165, 1.54) is 29.5 Å². The largest absolute Gasteiger partial charge is 0.326 e. The number of amides is 2. The SMILES string of the molecule is Cc1sc(NC(=O)C2CC(=O)Nc3cc(F)ccc32)nc1-c1ccc(Cl)cc1. The minimum atomic E-state index is -0.701.